The summed E-state index contributed by atoms with van der Waals surface area (Å²) in [6.07, 6.45) is 0.911. The van der Waals surface area contributed by atoms with E-state index < -0.39 is 34.1 Å². The molecule has 0 aromatic carbocycles. The summed E-state index contributed by atoms with van der Waals surface area (Å²) in [5, 5.41) is 0. The molecule has 1 unspecified atom stereocenters. The highest BCUT2D eigenvalue weighted by Gasteiger charge is 2.36. The summed E-state index contributed by atoms with van der Waals surface area (Å²) in [5.41, 5.74) is -0.576. The molecule has 0 radical (unpaired) electrons. The van der Waals surface area contributed by atoms with Crippen LogP contribution in [0.1, 0.15) is 53.9 Å². The smallest absolute Gasteiger partial charge is 0.410 e. The van der Waals surface area contributed by atoms with Gasteiger partial charge in [0.2, 0.25) is 0 Å². The van der Waals surface area contributed by atoms with Crippen LogP contribution in [-0.4, -0.2) is 85.6 Å². The Bertz CT molecular complexity index is 765. The van der Waals surface area contributed by atoms with Crippen molar-refractivity contribution in [2.45, 2.75) is 65.5 Å². The van der Waals surface area contributed by atoms with E-state index in [1.54, 1.807) is 30.6 Å². The lowest BCUT2D eigenvalue weighted by Crippen LogP contribution is -2.46. The maximum absolute atomic E-state index is 12.7. The minimum absolute atomic E-state index is 0.0392. The number of piperidine rings is 1. The van der Waals surface area contributed by atoms with Crippen LogP contribution in [0.25, 0.3) is 0 Å². The first-order valence-corrected chi connectivity index (χ1v) is 12.7. The molecule has 2 aliphatic heterocycles. The maximum atomic E-state index is 12.7. The van der Waals surface area contributed by atoms with Gasteiger partial charge in [-0.2, -0.15) is 0 Å². The van der Waals surface area contributed by atoms with Crippen molar-refractivity contribution in [2.24, 2.45) is 11.8 Å². The first-order chi connectivity index (χ1) is 14.3. The number of amides is 2. The number of carbonyl (C=O) groups is 3. The molecule has 9 nitrogen and oxygen atoms in total. The molecule has 178 valence electrons. The number of sulfone groups is 1. The first-order valence-electron chi connectivity index (χ1n) is 10.9. The topological polar surface area (TPSA) is 110 Å². The largest absolute Gasteiger partial charge is 0.455 e. The maximum Gasteiger partial charge on any atom is 0.410 e. The minimum atomic E-state index is -3.13. The van der Waals surface area contributed by atoms with Gasteiger partial charge < -0.3 is 19.3 Å². The zero-order valence-corrected chi connectivity index (χ0v) is 20.1. The summed E-state index contributed by atoms with van der Waals surface area (Å²) in [5.74, 6) is -0.994. The summed E-state index contributed by atoms with van der Waals surface area (Å²) < 4.78 is 34.3. The fraction of sp³-hybridized carbons (Fsp3) is 0.857. The van der Waals surface area contributed by atoms with E-state index in [-0.39, 0.29) is 35.3 Å². The Hall–Kier alpha value is -1.84. The van der Waals surface area contributed by atoms with Gasteiger partial charge in [0.15, 0.2) is 16.4 Å². The Labute approximate surface area is 185 Å². The third-order valence-electron chi connectivity index (χ3n) is 5.35. The molecule has 0 spiro atoms. The van der Waals surface area contributed by atoms with Crippen LogP contribution in [0.2, 0.25) is 0 Å². The average molecular weight is 461 g/mol. The first kappa shape index (κ1) is 25.4. The number of likely N-dealkylation sites (tertiary alicyclic amines) is 1. The van der Waals surface area contributed by atoms with Crippen molar-refractivity contribution in [3.8, 4) is 0 Å². The fourth-order valence-electron chi connectivity index (χ4n) is 3.83. The molecule has 0 saturated carbocycles. The Morgan fingerprint density at radius 2 is 1.71 bits per heavy atom. The molecule has 2 fully saturated rings. The van der Waals surface area contributed by atoms with Crippen LogP contribution >= 0.6 is 0 Å². The number of hydrogen-bond donors (Lipinski definition) is 0. The third-order valence-corrected chi connectivity index (χ3v) is 7.10. The molecule has 1 atom stereocenters. The molecular weight excluding hydrogens is 424 g/mol. The highest BCUT2D eigenvalue weighted by Crippen LogP contribution is 2.22. The predicted molar refractivity (Wildman–Crippen MR) is 115 cm³/mol. The Morgan fingerprint density at radius 1 is 1.10 bits per heavy atom. The fourth-order valence-corrected chi connectivity index (χ4v) is 5.56. The third kappa shape index (κ3) is 7.97. The van der Waals surface area contributed by atoms with E-state index >= 15 is 0 Å². The molecule has 0 aromatic heterocycles. The van der Waals surface area contributed by atoms with Crippen molar-refractivity contribution < 1.29 is 32.3 Å². The van der Waals surface area contributed by atoms with Crippen molar-refractivity contribution in [1.82, 2.24) is 9.80 Å². The normalized spacial score (nSPS) is 21.7. The van der Waals surface area contributed by atoms with E-state index in [1.165, 1.54) is 0 Å². The highest BCUT2D eigenvalue weighted by atomic mass is 32.2. The monoisotopic (exact) mass is 460 g/mol. The number of carbonyl (C=O) groups excluding carboxylic acids is 3. The molecule has 0 aromatic rings. The van der Waals surface area contributed by atoms with Crippen molar-refractivity contribution in [2.75, 3.05) is 37.7 Å². The van der Waals surface area contributed by atoms with Gasteiger partial charge in [-0.3, -0.25) is 9.59 Å². The lowest BCUT2D eigenvalue weighted by Gasteiger charge is -2.33. The second-order valence-electron chi connectivity index (χ2n) is 9.85. The number of nitrogens with zero attached hydrogens (tertiary/aromatic N) is 2. The number of rotatable bonds is 6. The standard InChI is InChI=1S/C21H36N2O7S/c1-15(2)12-23(17-8-11-31(27,28)14-17)18(24)13-29-19(25)16-6-9-22(10-7-16)20(26)30-21(3,4)5/h15-17H,6-14H2,1-5H3. The second-order valence-corrected chi connectivity index (χ2v) is 12.1. The van der Waals surface area contributed by atoms with Crippen LogP contribution in [0.15, 0.2) is 0 Å². The minimum Gasteiger partial charge on any atom is -0.455 e. The molecule has 0 bridgehead atoms. The van der Waals surface area contributed by atoms with Crippen molar-refractivity contribution in [1.29, 1.82) is 0 Å². The van der Waals surface area contributed by atoms with Gasteiger partial charge in [0.05, 0.1) is 17.4 Å². The lowest BCUT2D eigenvalue weighted by atomic mass is 9.97. The van der Waals surface area contributed by atoms with Gasteiger partial charge in [-0.05, 0) is 46.0 Å². The molecule has 2 aliphatic rings. The van der Waals surface area contributed by atoms with Gasteiger partial charge in [0.25, 0.3) is 5.91 Å². The molecular formula is C21H36N2O7S. The Kier molecular flexibility index (Phi) is 8.35. The summed E-state index contributed by atoms with van der Waals surface area (Å²) >= 11 is 0. The summed E-state index contributed by atoms with van der Waals surface area (Å²) in [6.45, 7) is 10.1. The van der Waals surface area contributed by atoms with Gasteiger partial charge in [-0.15, -0.1) is 0 Å². The van der Waals surface area contributed by atoms with E-state index in [2.05, 4.69) is 0 Å². The predicted octanol–water partition coefficient (Wildman–Crippen LogP) is 1.85. The van der Waals surface area contributed by atoms with E-state index in [4.69, 9.17) is 9.47 Å². The van der Waals surface area contributed by atoms with Crippen LogP contribution in [0.3, 0.4) is 0 Å². The SMILES string of the molecule is CC(C)CN(C(=O)COC(=O)C1CCN(C(=O)OC(C)(C)C)CC1)C1CCS(=O)(=O)C1. The van der Waals surface area contributed by atoms with Gasteiger partial charge >= 0.3 is 12.1 Å². The lowest BCUT2D eigenvalue weighted by molar-refractivity contribution is -0.157. The van der Waals surface area contributed by atoms with Crippen molar-refractivity contribution in [3.63, 3.8) is 0 Å². The number of esters is 1. The second kappa shape index (κ2) is 10.2. The van der Waals surface area contributed by atoms with Crippen LogP contribution in [-0.2, 0) is 28.9 Å². The molecule has 2 amide bonds. The molecule has 2 rings (SSSR count). The molecule has 2 heterocycles. The van der Waals surface area contributed by atoms with E-state index in [0.717, 1.165) is 0 Å². The van der Waals surface area contributed by atoms with Crippen LogP contribution in [0.4, 0.5) is 4.79 Å². The number of ether oxygens (including phenoxy) is 2. The Morgan fingerprint density at radius 3 is 2.19 bits per heavy atom. The molecule has 10 heteroatoms. The molecule has 2 saturated heterocycles. The molecule has 0 aliphatic carbocycles. The van der Waals surface area contributed by atoms with Gasteiger partial charge in [-0.1, -0.05) is 13.8 Å². The zero-order valence-electron chi connectivity index (χ0n) is 19.3. The van der Waals surface area contributed by atoms with E-state index in [1.807, 2.05) is 13.8 Å². The zero-order chi connectivity index (χ0) is 23.4. The van der Waals surface area contributed by atoms with E-state index in [0.29, 0.717) is 38.9 Å². The number of hydrogen-bond acceptors (Lipinski definition) is 7. The summed E-state index contributed by atoms with van der Waals surface area (Å²) in [6, 6.07) is -0.365. The summed E-state index contributed by atoms with van der Waals surface area (Å²) in [7, 11) is -3.13. The highest BCUT2D eigenvalue weighted by molar-refractivity contribution is 7.91. The van der Waals surface area contributed by atoms with Crippen molar-refractivity contribution in [3.05, 3.63) is 0 Å². The quantitative estimate of drug-likeness (QED) is 0.556. The van der Waals surface area contributed by atoms with Crippen LogP contribution in [0.5, 0.6) is 0 Å². The van der Waals surface area contributed by atoms with Gasteiger partial charge in [-0.25, -0.2) is 13.2 Å². The molecule has 0 N–H and O–H groups in total. The van der Waals surface area contributed by atoms with Gasteiger partial charge in [0, 0.05) is 25.7 Å². The van der Waals surface area contributed by atoms with Crippen LogP contribution in [0, 0.1) is 11.8 Å². The van der Waals surface area contributed by atoms with Crippen LogP contribution < -0.4 is 0 Å². The van der Waals surface area contributed by atoms with E-state index in [9.17, 15) is 22.8 Å². The summed E-state index contributed by atoms with van der Waals surface area (Å²) in [4.78, 5) is 40.4. The Balaban J connectivity index is 1.84. The van der Waals surface area contributed by atoms with Gasteiger partial charge in [0.1, 0.15) is 5.60 Å². The average Bonchev–Trinajstić information content (AvgIpc) is 3.02. The van der Waals surface area contributed by atoms with Crippen molar-refractivity contribution >= 4 is 27.8 Å². The molecule has 31 heavy (non-hydrogen) atoms.